The quantitative estimate of drug-likeness (QED) is 0.885. The predicted molar refractivity (Wildman–Crippen MR) is 84.0 cm³/mol. The van der Waals surface area contributed by atoms with Crippen LogP contribution in [-0.2, 0) is 9.84 Å². The average molecular weight is 368 g/mol. The van der Waals surface area contributed by atoms with Gasteiger partial charge in [-0.25, -0.2) is 8.42 Å². The molecule has 2 N–H and O–H groups in total. The lowest BCUT2D eigenvalue weighted by Gasteiger charge is -2.30. The molecular formula is C15H14BrNO3S. The molecule has 0 saturated heterocycles. The van der Waals surface area contributed by atoms with Crippen molar-refractivity contribution in [2.24, 2.45) is 5.73 Å². The van der Waals surface area contributed by atoms with Crippen molar-refractivity contribution in [3.05, 3.63) is 58.6 Å². The number of fused-ring (bicyclic) bond motifs is 1. The molecule has 4 nitrogen and oxygen atoms in total. The molecule has 1 heterocycles. The molecule has 0 spiro atoms. The van der Waals surface area contributed by atoms with E-state index in [0.29, 0.717) is 10.2 Å². The number of benzene rings is 2. The van der Waals surface area contributed by atoms with Gasteiger partial charge in [0.15, 0.2) is 9.84 Å². The number of nitrogens with two attached hydrogens (primary N) is 1. The maximum absolute atomic E-state index is 12.8. The lowest BCUT2D eigenvalue weighted by atomic mass is 10.0. The molecule has 2 aromatic carbocycles. The van der Waals surface area contributed by atoms with E-state index in [4.69, 9.17) is 10.5 Å². The Balaban J connectivity index is 2.02. The molecule has 0 aliphatic carbocycles. The second-order valence-corrected chi connectivity index (χ2v) is 8.00. The van der Waals surface area contributed by atoms with E-state index in [2.05, 4.69) is 15.9 Å². The lowest BCUT2D eigenvalue weighted by Crippen LogP contribution is -2.41. The predicted octanol–water partition coefficient (Wildman–Crippen LogP) is 2.68. The van der Waals surface area contributed by atoms with Crippen LogP contribution < -0.4 is 10.5 Å². The minimum absolute atomic E-state index is 0.0625. The zero-order valence-electron chi connectivity index (χ0n) is 11.1. The highest BCUT2D eigenvalue weighted by Gasteiger charge is 2.38. The molecule has 110 valence electrons. The van der Waals surface area contributed by atoms with Crippen LogP contribution in [0, 0.1) is 0 Å². The van der Waals surface area contributed by atoms with Crippen molar-refractivity contribution in [3.8, 4) is 5.75 Å². The van der Waals surface area contributed by atoms with Gasteiger partial charge in [-0.15, -0.1) is 0 Å². The summed E-state index contributed by atoms with van der Waals surface area (Å²) in [7, 11) is -3.56. The highest BCUT2D eigenvalue weighted by molar-refractivity contribution is 9.10. The van der Waals surface area contributed by atoms with Crippen molar-refractivity contribution in [1.29, 1.82) is 0 Å². The monoisotopic (exact) mass is 367 g/mol. The number of hydrogen-bond donors (Lipinski definition) is 1. The number of para-hydroxylation sites is 1. The number of rotatable bonds is 2. The molecule has 2 atom stereocenters. The van der Waals surface area contributed by atoms with E-state index in [1.807, 2.05) is 18.2 Å². The Labute approximate surface area is 132 Å². The first kappa shape index (κ1) is 14.6. The van der Waals surface area contributed by atoms with Crippen molar-refractivity contribution in [3.63, 3.8) is 0 Å². The van der Waals surface area contributed by atoms with Crippen molar-refractivity contribution in [1.82, 2.24) is 0 Å². The van der Waals surface area contributed by atoms with Gasteiger partial charge >= 0.3 is 0 Å². The number of hydrogen-bond acceptors (Lipinski definition) is 4. The Morgan fingerprint density at radius 2 is 1.90 bits per heavy atom. The molecule has 3 rings (SSSR count). The van der Waals surface area contributed by atoms with Gasteiger partial charge < -0.3 is 10.5 Å². The molecule has 1 aliphatic heterocycles. The van der Waals surface area contributed by atoms with E-state index in [-0.39, 0.29) is 11.5 Å². The minimum atomic E-state index is -3.56. The van der Waals surface area contributed by atoms with E-state index >= 15 is 0 Å². The summed E-state index contributed by atoms with van der Waals surface area (Å²) in [5.74, 6) is 0.658. The van der Waals surface area contributed by atoms with Gasteiger partial charge in [0.05, 0.1) is 10.9 Å². The topological polar surface area (TPSA) is 69.4 Å². The molecule has 0 amide bonds. The summed E-state index contributed by atoms with van der Waals surface area (Å²) in [6.07, 6.45) is 0. The van der Waals surface area contributed by atoms with Gasteiger partial charge in [0, 0.05) is 10.0 Å². The van der Waals surface area contributed by atoms with E-state index < -0.39 is 21.1 Å². The van der Waals surface area contributed by atoms with E-state index in [1.165, 1.54) is 0 Å². The third-order valence-corrected chi connectivity index (χ3v) is 6.24. The molecule has 6 heteroatoms. The van der Waals surface area contributed by atoms with E-state index in [9.17, 15) is 8.42 Å². The average Bonchev–Trinajstić information content (AvgIpc) is 2.47. The first-order valence-electron chi connectivity index (χ1n) is 6.47. The zero-order chi connectivity index (χ0) is 15.0. The van der Waals surface area contributed by atoms with Gasteiger partial charge in [-0.1, -0.05) is 40.2 Å². The highest BCUT2D eigenvalue weighted by atomic mass is 79.9. The van der Waals surface area contributed by atoms with Gasteiger partial charge in [0.2, 0.25) is 0 Å². The molecule has 0 bridgehead atoms. The fourth-order valence-electron chi connectivity index (χ4n) is 2.46. The van der Waals surface area contributed by atoms with Crippen LogP contribution in [0.5, 0.6) is 5.75 Å². The Bertz CT molecular complexity index is 776. The molecular weight excluding hydrogens is 354 g/mol. The fraction of sp³-hybridized carbons (Fsp3) is 0.200. The van der Waals surface area contributed by atoms with Crippen LogP contribution in [-0.4, -0.2) is 20.3 Å². The molecule has 0 saturated carbocycles. The Morgan fingerprint density at radius 1 is 1.14 bits per heavy atom. The van der Waals surface area contributed by atoms with Gasteiger partial charge in [-0.3, -0.25) is 0 Å². The molecule has 1 aliphatic rings. The minimum Gasteiger partial charge on any atom is -0.492 e. The van der Waals surface area contributed by atoms with Crippen LogP contribution >= 0.6 is 15.9 Å². The van der Waals surface area contributed by atoms with Gasteiger partial charge in [-0.2, -0.15) is 0 Å². The van der Waals surface area contributed by atoms with Crippen molar-refractivity contribution in [2.45, 2.75) is 16.2 Å². The maximum atomic E-state index is 12.8. The largest absolute Gasteiger partial charge is 0.492 e. The number of ether oxygens (including phenoxy) is 1. The van der Waals surface area contributed by atoms with Crippen LogP contribution in [0.1, 0.15) is 11.6 Å². The van der Waals surface area contributed by atoms with E-state index in [1.54, 1.807) is 30.3 Å². The SMILES string of the molecule is NC1c2ccccc2OCC1S(=O)(=O)c1cccc(Br)c1. The molecule has 0 fully saturated rings. The molecule has 2 unspecified atom stereocenters. The van der Waals surface area contributed by atoms with Crippen molar-refractivity contribution in [2.75, 3.05) is 6.61 Å². The number of halogens is 1. The normalized spacial score (nSPS) is 21.4. The zero-order valence-corrected chi connectivity index (χ0v) is 13.5. The Kier molecular flexibility index (Phi) is 3.77. The van der Waals surface area contributed by atoms with Gasteiger partial charge in [-0.05, 0) is 24.3 Å². The van der Waals surface area contributed by atoms with E-state index in [0.717, 1.165) is 5.56 Å². The summed E-state index contributed by atoms with van der Waals surface area (Å²) in [5, 5.41) is -0.790. The molecule has 0 aromatic heterocycles. The summed E-state index contributed by atoms with van der Waals surface area (Å²) in [6.45, 7) is 0.0625. The molecule has 0 radical (unpaired) electrons. The first-order chi connectivity index (χ1) is 10.00. The Hall–Kier alpha value is -1.37. The first-order valence-corrected chi connectivity index (χ1v) is 8.81. The summed E-state index contributed by atoms with van der Waals surface area (Å²) in [5.41, 5.74) is 6.91. The summed E-state index contributed by atoms with van der Waals surface area (Å²) >= 11 is 3.29. The van der Waals surface area contributed by atoms with Crippen LogP contribution in [0.15, 0.2) is 57.9 Å². The third-order valence-electron chi connectivity index (χ3n) is 3.60. The second-order valence-electron chi connectivity index (χ2n) is 4.92. The van der Waals surface area contributed by atoms with Crippen LogP contribution in [0.25, 0.3) is 0 Å². The third kappa shape index (κ3) is 2.59. The summed E-state index contributed by atoms with van der Waals surface area (Å²) < 4.78 is 31.8. The smallest absolute Gasteiger partial charge is 0.186 e. The highest BCUT2D eigenvalue weighted by Crippen LogP contribution is 2.35. The van der Waals surface area contributed by atoms with Crippen molar-refractivity contribution < 1.29 is 13.2 Å². The lowest BCUT2D eigenvalue weighted by molar-refractivity contribution is 0.270. The van der Waals surface area contributed by atoms with Gasteiger partial charge in [0.25, 0.3) is 0 Å². The second kappa shape index (κ2) is 5.44. The molecule has 2 aromatic rings. The van der Waals surface area contributed by atoms with Crippen LogP contribution in [0.2, 0.25) is 0 Å². The molecule has 21 heavy (non-hydrogen) atoms. The van der Waals surface area contributed by atoms with Gasteiger partial charge in [0.1, 0.15) is 17.6 Å². The summed E-state index contributed by atoms with van der Waals surface area (Å²) in [4.78, 5) is 0.250. The fourth-order valence-corrected chi connectivity index (χ4v) is 4.70. The maximum Gasteiger partial charge on any atom is 0.186 e. The van der Waals surface area contributed by atoms with Crippen LogP contribution in [0.3, 0.4) is 0 Å². The number of sulfone groups is 1. The van der Waals surface area contributed by atoms with Crippen LogP contribution in [0.4, 0.5) is 0 Å². The standard InChI is InChI=1S/C15H14BrNO3S/c16-10-4-3-5-11(8-10)21(18,19)14-9-20-13-7-2-1-6-12(13)15(14)17/h1-8,14-15H,9,17H2. The Morgan fingerprint density at radius 3 is 2.67 bits per heavy atom. The van der Waals surface area contributed by atoms with Crippen molar-refractivity contribution >= 4 is 25.8 Å². The summed E-state index contributed by atoms with van der Waals surface area (Å²) in [6, 6.07) is 13.3.